The number of likely N-dealkylation sites (tertiary alicyclic amines) is 1. The monoisotopic (exact) mass is 186 g/mol. The Morgan fingerprint density at radius 2 is 2.38 bits per heavy atom. The SMILES string of the molecule is CC[C@@H](N)C(=O)N1CCC(C)(O)C1. The number of rotatable bonds is 2. The number of aliphatic hydroxyl groups is 1. The lowest BCUT2D eigenvalue weighted by atomic mass is 10.1. The number of nitrogens with zero attached hydrogens (tertiary/aromatic N) is 1. The molecule has 0 radical (unpaired) electrons. The summed E-state index contributed by atoms with van der Waals surface area (Å²) in [6.07, 6.45) is 1.30. The molecule has 1 heterocycles. The first-order valence-corrected chi connectivity index (χ1v) is 4.73. The summed E-state index contributed by atoms with van der Waals surface area (Å²) in [5.74, 6) is -0.0414. The van der Waals surface area contributed by atoms with Crippen LogP contribution in [0.2, 0.25) is 0 Å². The lowest BCUT2D eigenvalue weighted by Gasteiger charge is -2.21. The Balaban J connectivity index is 2.51. The van der Waals surface area contributed by atoms with Crippen LogP contribution in [0.15, 0.2) is 0 Å². The van der Waals surface area contributed by atoms with Crippen LogP contribution in [0.4, 0.5) is 0 Å². The van der Waals surface area contributed by atoms with Crippen molar-refractivity contribution < 1.29 is 9.90 Å². The third-order valence-corrected chi connectivity index (χ3v) is 2.52. The van der Waals surface area contributed by atoms with Crippen molar-refractivity contribution in [3.8, 4) is 0 Å². The zero-order chi connectivity index (χ0) is 10.1. The molecule has 1 aliphatic rings. The fourth-order valence-corrected chi connectivity index (χ4v) is 1.54. The predicted molar refractivity (Wildman–Crippen MR) is 50.1 cm³/mol. The number of hydrogen-bond donors (Lipinski definition) is 2. The van der Waals surface area contributed by atoms with Crippen molar-refractivity contribution >= 4 is 5.91 Å². The van der Waals surface area contributed by atoms with E-state index >= 15 is 0 Å². The summed E-state index contributed by atoms with van der Waals surface area (Å²) in [5.41, 5.74) is 4.89. The Kier molecular flexibility index (Phi) is 2.93. The highest BCUT2D eigenvalue weighted by molar-refractivity contribution is 5.81. The van der Waals surface area contributed by atoms with E-state index in [1.54, 1.807) is 11.8 Å². The van der Waals surface area contributed by atoms with Gasteiger partial charge < -0.3 is 15.7 Å². The van der Waals surface area contributed by atoms with E-state index < -0.39 is 11.6 Å². The Hall–Kier alpha value is -0.610. The first kappa shape index (κ1) is 10.5. The molecule has 13 heavy (non-hydrogen) atoms. The predicted octanol–water partition coefficient (Wildman–Crippen LogP) is -0.293. The number of β-amino-alcohol motifs (C(OH)–C–C–N with tert-alkyl or cyclic N) is 1. The number of hydrogen-bond acceptors (Lipinski definition) is 3. The summed E-state index contributed by atoms with van der Waals surface area (Å²) < 4.78 is 0. The normalized spacial score (nSPS) is 30.6. The van der Waals surface area contributed by atoms with Gasteiger partial charge in [-0.3, -0.25) is 4.79 Å². The number of nitrogens with two attached hydrogens (primary N) is 1. The minimum atomic E-state index is -0.719. The lowest BCUT2D eigenvalue weighted by Crippen LogP contribution is -2.43. The molecule has 0 bridgehead atoms. The molecular weight excluding hydrogens is 168 g/mol. The van der Waals surface area contributed by atoms with Crippen molar-refractivity contribution in [2.75, 3.05) is 13.1 Å². The van der Waals surface area contributed by atoms with Crippen LogP contribution < -0.4 is 5.73 Å². The van der Waals surface area contributed by atoms with Crippen molar-refractivity contribution in [3.05, 3.63) is 0 Å². The second-order valence-corrected chi connectivity index (χ2v) is 4.02. The number of carbonyl (C=O) groups is 1. The Morgan fingerprint density at radius 3 is 2.77 bits per heavy atom. The van der Waals surface area contributed by atoms with Gasteiger partial charge in [-0.15, -0.1) is 0 Å². The van der Waals surface area contributed by atoms with E-state index in [0.29, 0.717) is 25.9 Å². The second kappa shape index (κ2) is 3.64. The average molecular weight is 186 g/mol. The highest BCUT2D eigenvalue weighted by Gasteiger charge is 2.35. The van der Waals surface area contributed by atoms with Crippen molar-refractivity contribution in [2.45, 2.75) is 38.3 Å². The quantitative estimate of drug-likeness (QED) is 0.622. The average Bonchev–Trinajstić information content (AvgIpc) is 2.43. The molecule has 0 aliphatic carbocycles. The van der Waals surface area contributed by atoms with E-state index in [2.05, 4.69) is 0 Å². The smallest absolute Gasteiger partial charge is 0.239 e. The summed E-state index contributed by atoms with van der Waals surface area (Å²) in [4.78, 5) is 13.2. The standard InChI is InChI=1S/C9H18N2O2/c1-3-7(10)8(12)11-5-4-9(2,13)6-11/h7,13H,3-6,10H2,1-2H3/t7-,9?/m1/s1. The van der Waals surface area contributed by atoms with Gasteiger partial charge in [-0.25, -0.2) is 0 Å². The molecule has 1 aliphatic heterocycles. The Bertz CT molecular complexity index is 204. The van der Waals surface area contributed by atoms with Gasteiger partial charge in [0, 0.05) is 13.1 Å². The van der Waals surface area contributed by atoms with Gasteiger partial charge >= 0.3 is 0 Å². The van der Waals surface area contributed by atoms with Crippen LogP contribution >= 0.6 is 0 Å². The van der Waals surface area contributed by atoms with E-state index in [0.717, 1.165) is 0 Å². The molecule has 1 rings (SSSR count). The molecule has 0 saturated carbocycles. The van der Waals surface area contributed by atoms with Crippen molar-refractivity contribution in [1.29, 1.82) is 0 Å². The van der Waals surface area contributed by atoms with Crippen molar-refractivity contribution in [3.63, 3.8) is 0 Å². The highest BCUT2D eigenvalue weighted by atomic mass is 16.3. The van der Waals surface area contributed by atoms with E-state index in [1.807, 2.05) is 6.92 Å². The van der Waals surface area contributed by atoms with Gasteiger partial charge in [-0.1, -0.05) is 6.92 Å². The number of amides is 1. The molecule has 76 valence electrons. The van der Waals surface area contributed by atoms with Crippen LogP contribution in [0.5, 0.6) is 0 Å². The molecule has 0 aromatic heterocycles. The van der Waals surface area contributed by atoms with E-state index in [9.17, 15) is 9.90 Å². The molecule has 3 N–H and O–H groups in total. The second-order valence-electron chi connectivity index (χ2n) is 4.02. The third kappa shape index (κ3) is 2.42. The molecule has 1 unspecified atom stereocenters. The first-order chi connectivity index (χ1) is 5.96. The van der Waals surface area contributed by atoms with Gasteiger partial charge in [0.05, 0.1) is 11.6 Å². The largest absolute Gasteiger partial charge is 0.388 e. The maximum absolute atomic E-state index is 11.6. The molecule has 0 aromatic carbocycles. The molecule has 2 atom stereocenters. The lowest BCUT2D eigenvalue weighted by molar-refractivity contribution is -0.132. The summed E-state index contributed by atoms with van der Waals surface area (Å²) in [6, 6.07) is -0.408. The van der Waals surface area contributed by atoms with Crippen LogP contribution in [-0.4, -0.2) is 40.6 Å². The molecule has 1 amide bonds. The fraction of sp³-hybridized carbons (Fsp3) is 0.889. The van der Waals surface area contributed by atoms with E-state index in [-0.39, 0.29) is 5.91 Å². The first-order valence-electron chi connectivity index (χ1n) is 4.73. The van der Waals surface area contributed by atoms with E-state index in [4.69, 9.17) is 5.73 Å². The Labute approximate surface area is 78.7 Å². The summed E-state index contributed by atoms with van der Waals surface area (Å²) in [7, 11) is 0. The summed E-state index contributed by atoms with van der Waals surface area (Å²) in [6.45, 7) is 4.67. The summed E-state index contributed by atoms with van der Waals surface area (Å²) >= 11 is 0. The van der Waals surface area contributed by atoms with Crippen molar-refractivity contribution in [2.24, 2.45) is 5.73 Å². The van der Waals surface area contributed by atoms with Crippen LogP contribution in [-0.2, 0) is 4.79 Å². The van der Waals surface area contributed by atoms with Gasteiger partial charge in [0.15, 0.2) is 0 Å². The van der Waals surface area contributed by atoms with Crippen LogP contribution in [0, 0.1) is 0 Å². The minimum absolute atomic E-state index is 0.0414. The zero-order valence-corrected chi connectivity index (χ0v) is 8.29. The number of carbonyl (C=O) groups excluding carboxylic acids is 1. The molecule has 1 saturated heterocycles. The molecular formula is C9H18N2O2. The molecule has 4 nitrogen and oxygen atoms in total. The highest BCUT2D eigenvalue weighted by Crippen LogP contribution is 2.20. The van der Waals surface area contributed by atoms with Gasteiger partial charge in [0.2, 0.25) is 5.91 Å². The maximum atomic E-state index is 11.6. The topological polar surface area (TPSA) is 66.6 Å². The van der Waals surface area contributed by atoms with E-state index in [1.165, 1.54) is 0 Å². The third-order valence-electron chi connectivity index (χ3n) is 2.52. The van der Waals surface area contributed by atoms with Gasteiger partial charge in [-0.05, 0) is 19.8 Å². The van der Waals surface area contributed by atoms with Crippen LogP contribution in [0.25, 0.3) is 0 Å². The van der Waals surface area contributed by atoms with Crippen molar-refractivity contribution in [1.82, 2.24) is 4.90 Å². The van der Waals surface area contributed by atoms with Crippen LogP contribution in [0.1, 0.15) is 26.7 Å². The zero-order valence-electron chi connectivity index (χ0n) is 8.29. The maximum Gasteiger partial charge on any atom is 0.239 e. The molecule has 4 heteroatoms. The minimum Gasteiger partial charge on any atom is -0.388 e. The van der Waals surface area contributed by atoms with Gasteiger partial charge in [0.25, 0.3) is 0 Å². The van der Waals surface area contributed by atoms with Gasteiger partial charge in [0.1, 0.15) is 0 Å². The molecule has 1 fully saturated rings. The van der Waals surface area contributed by atoms with Crippen LogP contribution in [0.3, 0.4) is 0 Å². The van der Waals surface area contributed by atoms with Gasteiger partial charge in [-0.2, -0.15) is 0 Å². The molecule has 0 aromatic rings. The summed E-state index contributed by atoms with van der Waals surface area (Å²) in [5, 5.41) is 9.63. The fourth-order valence-electron chi connectivity index (χ4n) is 1.54. The molecule has 0 spiro atoms. The Morgan fingerprint density at radius 1 is 1.77 bits per heavy atom.